The molecule has 0 bridgehead atoms. The fourth-order valence-electron chi connectivity index (χ4n) is 1.69. The van der Waals surface area contributed by atoms with Gasteiger partial charge in [0.05, 0.1) is 6.10 Å². The molecule has 0 saturated carbocycles. The van der Waals surface area contributed by atoms with Crippen LogP contribution in [0.3, 0.4) is 0 Å². The minimum atomic E-state index is -0.777. The number of carbonyl (C=O) groups excluding carboxylic acids is 1. The van der Waals surface area contributed by atoms with Crippen LogP contribution in [0.4, 0.5) is 0 Å². The van der Waals surface area contributed by atoms with Gasteiger partial charge in [-0.2, -0.15) is 0 Å². The smallest absolute Gasteiger partial charge is 0.201 e. The van der Waals surface area contributed by atoms with Gasteiger partial charge < -0.3 is 9.67 Å². The highest BCUT2D eigenvalue weighted by atomic mass is 16.3. The third kappa shape index (κ3) is 2.60. The van der Waals surface area contributed by atoms with Gasteiger partial charge in [0, 0.05) is 25.9 Å². The summed E-state index contributed by atoms with van der Waals surface area (Å²) in [5.41, 5.74) is 0.745. The SMILES string of the molecule is Cn1ccnc1C(=O)C[C@@H](O)c1ccccc1. The Labute approximate surface area is 99.5 Å². The molecule has 2 aromatic rings. The molecule has 0 aliphatic carbocycles. The molecule has 0 unspecified atom stereocenters. The van der Waals surface area contributed by atoms with Gasteiger partial charge in [0.15, 0.2) is 5.82 Å². The van der Waals surface area contributed by atoms with E-state index >= 15 is 0 Å². The van der Waals surface area contributed by atoms with E-state index in [2.05, 4.69) is 4.98 Å². The number of aromatic nitrogens is 2. The Balaban J connectivity index is 2.08. The number of aryl methyl sites for hydroxylation is 1. The van der Waals surface area contributed by atoms with Crippen LogP contribution < -0.4 is 0 Å². The van der Waals surface area contributed by atoms with Crippen LogP contribution in [0.1, 0.15) is 28.7 Å². The molecule has 1 heterocycles. The second kappa shape index (κ2) is 4.93. The van der Waals surface area contributed by atoms with Crippen molar-refractivity contribution in [3.63, 3.8) is 0 Å². The van der Waals surface area contributed by atoms with E-state index in [9.17, 15) is 9.90 Å². The first-order chi connectivity index (χ1) is 8.18. The Kier molecular flexibility index (Phi) is 3.35. The first-order valence-corrected chi connectivity index (χ1v) is 5.42. The summed E-state index contributed by atoms with van der Waals surface area (Å²) in [4.78, 5) is 15.8. The minimum Gasteiger partial charge on any atom is -0.388 e. The molecule has 0 spiro atoms. The number of aliphatic hydroxyl groups excluding tert-OH is 1. The summed E-state index contributed by atoms with van der Waals surface area (Å²) < 4.78 is 1.65. The van der Waals surface area contributed by atoms with Crippen LogP contribution in [0.25, 0.3) is 0 Å². The lowest BCUT2D eigenvalue weighted by Gasteiger charge is -2.09. The second-order valence-corrected chi connectivity index (χ2v) is 3.92. The molecule has 1 aromatic heterocycles. The molecule has 0 radical (unpaired) electrons. The lowest BCUT2D eigenvalue weighted by molar-refractivity contribution is 0.0867. The van der Waals surface area contributed by atoms with E-state index in [1.54, 1.807) is 36.1 Å². The van der Waals surface area contributed by atoms with Crippen molar-refractivity contribution in [2.45, 2.75) is 12.5 Å². The average molecular weight is 230 g/mol. The van der Waals surface area contributed by atoms with Crippen LogP contribution in [-0.2, 0) is 7.05 Å². The highest BCUT2D eigenvalue weighted by Gasteiger charge is 2.17. The van der Waals surface area contributed by atoms with Crippen LogP contribution in [-0.4, -0.2) is 20.4 Å². The number of ketones is 1. The molecule has 88 valence electrons. The maximum Gasteiger partial charge on any atom is 0.201 e. The van der Waals surface area contributed by atoms with Gasteiger partial charge >= 0.3 is 0 Å². The van der Waals surface area contributed by atoms with Crippen LogP contribution in [0.5, 0.6) is 0 Å². The maximum atomic E-state index is 11.9. The van der Waals surface area contributed by atoms with Gasteiger partial charge in [0.25, 0.3) is 0 Å². The molecule has 1 N–H and O–H groups in total. The summed E-state index contributed by atoms with van der Waals surface area (Å²) >= 11 is 0. The summed E-state index contributed by atoms with van der Waals surface area (Å²) in [6.45, 7) is 0. The predicted molar refractivity (Wildman–Crippen MR) is 63.6 cm³/mol. The van der Waals surface area contributed by atoms with Gasteiger partial charge in [-0.15, -0.1) is 0 Å². The molecule has 2 rings (SSSR count). The van der Waals surface area contributed by atoms with Gasteiger partial charge in [-0.25, -0.2) is 4.98 Å². The minimum absolute atomic E-state index is 0.0505. The summed E-state index contributed by atoms with van der Waals surface area (Å²) in [7, 11) is 1.76. The number of benzene rings is 1. The summed E-state index contributed by atoms with van der Waals surface area (Å²) in [6, 6.07) is 9.15. The Morgan fingerprint density at radius 1 is 1.41 bits per heavy atom. The third-order valence-corrected chi connectivity index (χ3v) is 2.63. The molecule has 0 aliphatic heterocycles. The van der Waals surface area contributed by atoms with Gasteiger partial charge in [0.2, 0.25) is 5.78 Å². The van der Waals surface area contributed by atoms with E-state index in [0.29, 0.717) is 5.82 Å². The van der Waals surface area contributed by atoms with Crippen molar-refractivity contribution in [3.8, 4) is 0 Å². The van der Waals surface area contributed by atoms with E-state index in [1.807, 2.05) is 18.2 Å². The Hall–Kier alpha value is -1.94. The normalized spacial score (nSPS) is 12.4. The van der Waals surface area contributed by atoms with Gasteiger partial charge in [-0.3, -0.25) is 4.79 Å². The zero-order chi connectivity index (χ0) is 12.3. The number of hydrogen-bond acceptors (Lipinski definition) is 3. The molecule has 0 saturated heterocycles. The van der Waals surface area contributed by atoms with Gasteiger partial charge in [0.1, 0.15) is 0 Å². The number of carbonyl (C=O) groups is 1. The average Bonchev–Trinajstić information content (AvgIpc) is 2.76. The first-order valence-electron chi connectivity index (χ1n) is 5.42. The molecule has 0 aliphatic rings. The quantitative estimate of drug-likeness (QED) is 0.814. The molecular weight excluding hydrogens is 216 g/mol. The summed E-state index contributed by atoms with van der Waals surface area (Å²) in [5, 5.41) is 9.92. The van der Waals surface area contributed by atoms with Crippen LogP contribution >= 0.6 is 0 Å². The topological polar surface area (TPSA) is 55.1 Å². The third-order valence-electron chi connectivity index (χ3n) is 2.63. The number of hydrogen-bond donors (Lipinski definition) is 1. The molecular formula is C13H14N2O2. The van der Waals surface area contributed by atoms with Crippen molar-refractivity contribution >= 4 is 5.78 Å². The van der Waals surface area contributed by atoms with E-state index < -0.39 is 6.10 Å². The summed E-state index contributed by atoms with van der Waals surface area (Å²) in [6.07, 6.45) is 2.56. The maximum absolute atomic E-state index is 11.9. The first kappa shape index (κ1) is 11.5. The molecule has 4 nitrogen and oxygen atoms in total. The fourth-order valence-corrected chi connectivity index (χ4v) is 1.69. The lowest BCUT2D eigenvalue weighted by Crippen LogP contribution is -2.11. The summed E-state index contributed by atoms with van der Waals surface area (Å²) in [5.74, 6) is 0.217. The van der Waals surface area contributed by atoms with Crippen molar-refractivity contribution in [1.29, 1.82) is 0 Å². The standard InChI is InChI=1S/C13H14N2O2/c1-15-8-7-14-13(15)12(17)9-11(16)10-5-3-2-4-6-10/h2-8,11,16H,9H2,1H3/t11-/m1/s1. The van der Waals surface area contributed by atoms with E-state index in [4.69, 9.17) is 0 Å². The van der Waals surface area contributed by atoms with E-state index in [-0.39, 0.29) is 12.2 Å². The number of imidazole rings is 1. The van der Waals surface area contributed by atoms with Crippen molar-refractivity contribution < 1.29 is 9.90 Å². The molecule has 1 atom stereocenters. The zero-order valence-electron chi connectivity index (χ0n) is 9.58. The number of nitrogens with zero attached hydrogens (tertiary/aromatic N) is 2. The number of rotatable bonds is 4. The molecule has 0 amide bonds. The van der Waals surface area contributed by atoms with Crippen LogP contribution in [0, 0.1) is 0 Å². The number of aliphatic hydroxyl groups is 1. The second-order valence-electron chi connectivity index (χ2n) is 3.92. The van der Waals surface area contributed by atoms with Crippen molar-refractivity contribution in [2.75, 3.05) is 0 Å². The van der Waals surface area contributed by atoms with Crippen molar-refractivity contribution in [2.24, 2.45) is 7.05 Å². The monoisotopic (exact) mass is 230 g/mol. The highest BCUT2D eigenvalue weighted by molar-refractivity contribution is 5.93. The van der Waals surface area contributed by atoms with Crippen molar-refractivity contribution in [3.05, 3.63) is 54.1 Å². The fraction of sp³-hybridized carbons (Fsp3) is 0.231. The highest BCUT2D eigenvalue weighted by Crippen LogP contribution is 2.17. The van der Waals surface area contributed by atoms with Crippen molar-refractivity contribution in [1.82, 2.24) is 9.55 Å². The molecule has 4 heteroatoms. The Bertz CT molecular complexity index is 505. The number of Topliss-reactive ketones (excluding diaryl/α,β-unsaturated/α-hetero) is 1. The Morgan fingerprint density at radius 3 is 2.71 bits per heavy atom. The molecule has 0 fully saturated rings. The predicted octanol–water partition coefficient (Wildman–Crippen LogP) is 1.73. The van der Waals surface area contributed by atoms with Crippen LogP contribution in [0.2, 0.25) is 0 Å². The van der Waals surface area contributed by atoms with E-state index in [1.165, 1.54) is 0 Å². The Morgan fingerprint density at radius 2 is 2.12 bits per heavy atom. The molecule has 17 heavy (non-hydrogen) atoms. The van der Waals surface area contributed by atoms with Gasteiger partial charge in [-0.05, 0) is 5.56 Å². The zero-order valence-corrected chi connectivity index (χ0v) is 9.58. The molecule has 1 aromatic carbocycles. The lowest BCUT2D eigenvalue weighted by atomic mass is 10.0. The van der Waals surface area contributed by atoms with E-state index in [0.717, 1.165) is 5.56 Å². The van der Waals surface area contributed by atoms with Gasteiger partial charge in [-0.1, -0.05) is 30.3 Å². The van der Waals surface area contributed by atoms with Crippen LogP contribution in [0.15, 0.2) is 42.7 Å². The largest absolute Gasteiger partial charge is 0.388 e.